The van der Waals surface area contributed by atoms with Crippen LogP contribution in [-0.2, 0) is 6.54 Å². The van der Waals surface area contributed by atoms with Crippen molar-refractivity contribution in [3.05, 3.63) is 50.8 Å². The summed E-state index contributed by atoms with van der Waals surface area (Å²) in [6.45, 7) is 0.573. The van der Waals surface area contributed by atoms with Gasteiger partial charge in [-0.05, 0) is 28.1 Å². The number of carboxylic acids is 1. The molecule has 2 aromatic heterocycles. The Morgan fingerprint density at radius 1 is 1.42 bits per heavy atom. The average Bonchev–Trinajstić information content (AvgIpc) is 2.95. The summed E-state index contributed by atoms with van der Waals surface area (Å²) >= 11 is 5.03. The van der Waals surface area contributed by atoms with Crippen molar-refractivity contribution in [2.45, 2.75) is 6.54 Å². The zero-order valence-corrected chi connectivity index (χ0v) is 12.1. The first kappa shape index (κ1) is 12.4. The standard InChI is InChI=1S/C13H9BrN2O2S/c14-8-5-9(19-7-8)6-16-11-4-2-1-3-10(11)12(15-16)13(17)18/h1-5,7H,6H2,(H,17,18). The van der Waals surface area contributed by atoms with Crippen molar-refractivity contribution < 1.29 is 9.90 Å². The maximum atomic E-state index is 11.2. The predicted octanol–water partition coefficient (Wildman–Crippen LogP) is 3.61. The van der Waals surface area contributed by atoms with Gasteiger partial charge >= 0.3 is 5.97 Å². The summed E-state index contributed by atoms with van der Waals surface area (Å²) < 4.78 is 2.76. The molecule has 0 atom stereocenters. The zero-order valence-electron chi connectivity index (χ0n) is 9.71. The van der Waals surface area contributed by atoms with Gasteiger partial charge in [-0.15, -0.1) is 11.3 Å². The zero-order chi connectivity index (χ0) is 13.4. The minimum absolute atomic E-state index is 0.103. The highest BCUT2D eigenvalue weighted by Gasteiger charge is 2.16. The van der Waals surface area contributed by atoms with Crippen LogP contribution in [0.1, 0.15) is 15.4 Å². The number of rotatable bonds is 3. The third kappa shape index (κ3) is 2.29. The van der Waals surface area contributed by atoms with E-state index in [0.29, 0.717) is 11.9 Å². The van der Waals surface area contributed by atoms with E-state index in [1.807, 2.05) is 29.6 Å². The molecule has 0 aliphatic carbocycles. The molecule has 3 aromatic rings. The summed E-state index contributed by atoms with van der Waals surface area (Å²) in [6.07, 6.45) is 0. The van der Waals surface area contributed by atoms with Crippen molar-refractivity contribution in [1.82, 2.24) is 9.78 Å². The predicted molar refractivity (Wildman–Crippen MR) is 77.8 cm³/mol. The summed E-state index contributed by atoms with van der Waals surface area (Å²) in [7, 11) is 0. The summed E-state index contributed by atoms with van der Waals surface area (Å²) in [5.74, 6) is -0.998. The fourth-order valence-corrected chi connectivity index (χ4v) is 3.42. The van der Waals surface area contributed by atoms with E-state index in [0.717, 1.165) is 14.9 Å². The Morgan fingerprint density at radius 2 is 2.21 bits per heavy atom. The van der Waals surface area contributed by atoms with Crippen molar-refractivity contribution in [1.29, 1.82) is 0 Å². The number of aromatic nitrogens is 2. The van der Waals surface area contributed by atoms with Crippen LogP contribution in [-0.4, -0.2) is 20.9 Å². The molecule has 0 radical (unpaired) electrons. The number of carboxylic acid groups (broad SMARTS) is 1. The normalized spacial score (nSPS) is 11.0. The van der Waals surface area contributed by atoms with Gasteiger partial charge in [0.25, 0.3) is 0 Å². The first-order valence-corrected chi connectivity index (χ1v) is 7.24. The molecule has 4 nitrogen and oxygen atoms in total. The number of hydrogen-bond donors (Lipinski definition) is 1. The van der Waals surface area contributed by atoms with Crippen LogP contribution in [0.2, 0.25) is 0 Å². The van der Waals surface area contributed by atoms with Crippen LogP contribution in [0.5, 0.6) is 0 Å². The fraction of sp³-hybridized carbons (Fsp3) is 0.0769. The molecular formula is C13H9BrN2O2S. The molecule has 3 rings (SSSR count). The van der Waals surface area contributed by atoms with Gasteiger partial charge in [-0.1, -0.05) is 18.2 Å². The lowest BCUT2D eigenvalue weighted by molar-refractivity contribution is 0.0691. The lowest BCUT2D eigenvalue weighted by Crippen LogP contribution is -2.03. The molecule has 0 spiro atoms. The van der Waals surface area contributed by atoms with Crippen molar-refractivity contribution in [3.8, 4) is 0 Å². The van der Waals surface area contributed by atoms with Crippen LogP contribution in [0, 0.1) is 0 Å². The van der Waals surface area contributed by atoms with Crippen LogP contribution >= 0.6 is 27.3 Å². The van der Waals surface area contributed by atoms with Crippen LogP contribution in [0.15, 0.2) is 40.2 Å². The largest absolute Gasteiger partial charge is 0.476 e. The van der Waals surface area contributed by atoms with Crippen molar-refractivity contribution in [3.63, 3.8) is 0 Å². The van der Waals surface area contributed by atoms with Gasteiger partial charge in [0, 0.05) is 20.1 Å². The molecule has 6 heteroatoms. The second kappa shape index (κ2) is 4.79. The summed E-state index contributed by atoms with van der Waals surface area (Å²) in [5, 5.41) is 16.1. The summed E-state index contributed by atoms with van der Waals surface area (Å²) in [4.78, 5) is 12.3. The Bertz CT molecular complexity index is 763. The summed E-state index contributed by atoms with van der Waals surface area (Å²) in [5.41, 5.74) is 0.940. The van der Waals surface area contributed by atoms with Gasteiger partial charge in [-0.2, -0.15) is 5.10 Å². The van der Waals surface area contributed by atoms with Gasteiger partial charge in [0.1, 0.15) is 0 Å². The maximum Gasteiger partial charge on any atom is 0.357 e. The van der Waals surface area contributed by atoms with Gasteiger partial charge in [-0.3, -0.25) is 4.68 Å². The minimum atomic E-state index is -0.998. The molecule has 0 unspecified atom stereocenters. The topological polar surface area (TPSA) is 55.1 Å². The molecule has 96 valence electrons. The van der Waals surface area contributed by atoms with Gasteiger partial charge in [0.15, 0.2) is 5.69 Å². The molecule has 0 fully saturated rings. The second-order valence-corrected chi connectivity index (χ2v) is 5.97. The maximum absolute atomic E-state index is 11.2. The van der Waals surface area contributed by atoms with Crippen LogP contribution in [0.4, 0.5) is 0 Å². The van der Waals surface area contributed by atoms with Gasteiger partial charge < -0.3 is 5.11 Å². The quantitative estimate of drug-likeness (QED) is 0.794. The minimum Gasteiger partial charge on any atom is -0.476 e. The Kier molecular flexibility index (Phi) is 3.12. The molecule has 0 saturated heterocycles. The Morgan fingerprint density at radius 3 is 2.89 bits per heavy atom. The van der Waals surface area contributed by atoms with Gasteiger partial charge in [-0.25, -0.2) is 4.79 Å². The van der Waals surface area contributed by atoms with E-state index in [4.69, 9.17) is 0 Å². The number of para-hydroxylation sites is 1. The molecule has 1 N–H and O–H groups in total. The van der Waals surface area contributed by atoms with E-state index in [-0.39, 0.29) is 5.69 Å². The third-order valence-electron chi connectivity index (χ3n) is 2.79. The van der Waals surface area contributed by atoms with E-state index in [1.165, 1.54) is 0 Å². The van der Waals surface area contributed by atoms with Crippen LogP contribution in [0.25, 0.3) is 10.9 Å². The van der Waals surface area contributed by atoms with Crippen LogP contribution in [0.3, 0.4) is 0 Å². The monoisotopic (exact) mass is 336 g/mol. The molecule has 1 aromatic carbocycles. The van der Waals surface area contributed by atoms with Gasteiger partial charge in [0.2, 0.25) is 0 Å². The molecule has 0 saturated carbocycles. The molecule has 0 aliphatic heterocycles. The first-order chi connectivity index (χ1) is 9.15. The number of carbonyl (C=O) groups is 1. The highest BCUT2D eigenvalue weighted by molar-refractivity contribution is 9.10. The van der Waals surface area contributed by atoms with E-state index in [9.17, 15) is 9.90 Å². The Balaban J connectivity index is 2.11. The molecule has 0 aliphatic rings. The Hall–Kier alpha value is -1.66. The number of fused-ring (bicyclic) bond motifs is 1. The smallest absolute Gasteiger partial charge is 0.357 e. The SMILES string of the molecule is O=C(O)c1nn(Cc2cc(Br)cs2)c2ccccc12. The van der Waals surface area contributed by atoms with E-state index in [2.05, 4.69) is 21.0 Å². The number of aromatic carboxylic acids is 1. The van der Waals surface area contributed by atoms with E-state index >= 15 is 0 Å². The highest BCUT2D eigenvalue weighted by Crippen LogP contribution is 2.23. The average molecular weight is 337 g/mol. The number of halogens is 1. The second-order valence-electron chi connectivity index (χ2n) is 4.06. The Labute approximate surface area is 121 Å². The van der Waals surface area contributed by atoms with Crippen LogP contribution < -0.4 is 0 Å². The highest BCUT2D eigenvalue weighted by atomic mass is 79.9. The molecule has 19 heavy (non-hydrogen) atoms. The first-order valence-electron chi connectivity index (χ1n) is 5.57. The lowest BCUT2D eigenvalue weighted by atomic mass is 10.2. The number of hydrogen-bond acceptors (Lipinski definition) is 3. The molecule has 0 bridgehead atoms. The number of benzene rings is 1. The van der Waals surface area contributed by atoms with Crippen molar-refractivity contribution in [2.24, 2.45) is 0 Å². The molecular weight excluding hydrogens is 328 g/mol. The lowest BCUT2D eigenvalue weighted by Gasteiger charge is -2.00. The number of nitrogens with zero attached hydrogens (tertiary/aromatic N) is 2. The van der Waals surface area contributed by atoms with Crippen molar-refractivity contribution in [2.75, 3.05) is 0 Å². The fourth-order valence-electron chi connectivity index (χ4n) is 1.99. The molecule has 0 amide bonds. The molecule has 2 heterocycles. The van der Waals surface area contributed by atoms with Crippen molar-refractivity contribution >= 4 is 44.1 Å². The summed E-state index contributed by atoms with van der Waals surface area (Å²) in [6, 6.07) is 9.39. The third-order valence-corrected chi connectivity index (χ3v) is 4.47. The number of thiophene rings is 1. The van der Waals surface area contributed by atoms with E-state index < -0.39 is 5.97 Å². The van der Waals surface area contributed by atoms with Gasteiger partial charge in [0.05, 0.1) is 12.1 Å². The van der Waals surface area contributed by atoms with E-state index in [1.54, 1.807) is 22.1 Å².